The topological polar surface area (TPSA) is 50.8 Å². The van der Waals surface area contributed by atoms with E-state index < -0.39 is 0 Å². The van der Waals surface area contributed by atoms with Crippen LogP contribution in [-0.2, 0) is 4.79 Å². The summed E-state index contributed by atoms with van der Waals surface area (Å²) in [5.41, 5.74) is 1.95. The molecule has 148 valence electrons. The summed E-state index contributed by atoms with van der Waals surface area (Å²) in [5.74, 6) is 1.22. The molecule has 0 saturated carbocycles. The zero-order chi connectivity index (χ0) is 19.9. The number of amides is 1. The molecule has 5 nitrogen and oxygen atoms in total. The second kappa shape index (κ2) is 9.42. The Morgan fingerprint density at radius 1 is 1.18 bits per heavy atom. The molecule has 1 N–H and O–H groups in total. The Morgan fingerprint density at radius 2 is 1.96 bits per heavy atom. The number of nitrogens with one attached hydrogen (secondary N) is 1. The standard InChI is InChI=1S/C23H28N2O3/c1-4-14-25-16-18(10-13-21(25)17-8-6-5-7-9-17)23(26)24-20-12-11-19(27-2)15-22(20)28-3/h4-9,11-12,15,18,21H,1,10,13-14,16H2,2-3H3,(H,24,26). The zero-order valence-electron chi connectivity index (χ0n) is 16.6. The van der Waals surface area contributed by atoms with E-state index in [1.54, 1.807) is 20.3 Å². The molecule has 2 aromatic carbocycles. The monoisotopic (exact) mass is 380 g/mol. The molecule has 1 heterocycles. The number of benzene rings is 2. The van der Waals surface area contributed by atoms with Crippen molar-refractivity contribution in [3.05, 3.63) is 66.7 Å². The lowest BCUT2D eigenvalue weighted by Crippen LogP contribution is -2.42. The van der Waals surface area contributed by atoms with Gasteiger partial charge in [0.25, 0.3) is 0 Å². The van der Waals surface area contributed by atoms with Gasteiger partial charge in [0.1, 0.15) is 11.5 Å². The van der Waals surface area contributed by atoms with Gasteiger partial charge in [0, 0.05) is 25.2 Å². The molecule has 1 amide bonds. The van der Waals surface area contributed by atoms with E-state index in [1.165, 1.54) is 5.56 Å². The van der Waals surface area contributed by atoms with Crippen LogP contribution in [0.5, 0.6) is 11.5 Å². The van der Waals surface area contributed by atoms with Crippen molar-refractivity contribution in [2.45, 2.75) is 18.9 Å². The van der Waals surface area contributed by atoms with Crippen LogP contribution in [0.15, 0.2) is 61.2 Å². The van der Waals surface area contributed by atoms with Gasteiger partial charge in [-0.3, -0.25) is 9.69 Å². The Hall–Kier alpha value is -2.79. The van der Waals surface area contributed by atoms with Crippen LogP contribution in [0.1, 0.15) is 24.4 Å². The van der Waals surface area contributed by atoms with E-state index in [1.807, 2.05) is 24.3 Å². The number of rotatable bonds is 7. The highest BCUT2D eigenvalue weighted by atomic mass is 16.5. The smallest absolute Gasteiger partial charge is 0.228 e. The largest absolute Gasteiger partial charge is 0.497 e. The minimum absolute atomic E-state index is 0.0176. The molecule has 1 aliphatic rings. The van der Waals surface area contributed by atoms with Gasteiger partial charge in [0.2, 0.25) is 5.91 Å². The number of anilines is 1. The summed E-state index contributed by atoms with van der Waals surface area (Å²) in [5, 5.41) is 3.03. The van der Waals surface area contributed by atoms with E-state index in [4.69, 9.17) is 9.47 Å². The van der Waals surface area contributed by atoms with Crippen LogP contribution in [0.25, 0.3) is 0 Å². The highest BCUT2D eigenvalue weighted by Gasteiger charge is 2.32. The zero-order valence-corrected chi connectivity index (χ0v) is 16.6. The van der Waals surface area contributed by atoms with Gasteiger partial charge < -0.3 is 14.8 Å². The third-order valence-electron chi connectivity index (χ3n) is 5.27. The van der Waals surface area contributed by atoms with Crippen LogP contribution < -0.4 is 14.8 Å². The first kappa shape index (κ1) is 20.0. The fourth-order valence-electron chi connectivity index (χ4n) is 3.81. The van der Waals surface area contributed by atoms with E-state index in [2.05, 4.69) is 41.1 Å². The third-order valence-corrected chi connectivity index (χ3v) is 5.27. The number of piperidine rings is 1. The molecule has 0 spiro atoms. The molecule has 0 aromatic heterocycles. The fraction of sp³-hybridized carbons (Fsp3) is 0.348. The Bertz CT molecular complexity index is 807. The molecule has 0 bridgehead atoms. The number of carbonyl (C=O) groups excluding carboxylic acids is 1. The maximum atomic E-state index is 12.9. The van der Waals surface area contributed by atoms with Crippen molar-refractivity contribution in [2.75, 3.05) is 32.6 Å². The molecule has 2 unspecified atom stereocenters. The van der Waals surface area contributed by atoms with Gasteiger partial charge >= 0.3 is 0 Å². The number of likely N-dealkylation sites (tertiary alicyclic amines) is 1. The summed E-state index contributed by atoms with van der Waals surface area (Å²) in [4.78, 5) is 15.3. The third kappa shape index (κ3) is 4.54. The van der Waals surface area contributed by atoms with Gasteiger partial charge in [0.05, 0.1) is 25.8 Å². The summed E-state index contributed by atoms with van der Waals surface area (Å²) in [6, 6.07) is 16.2. The average Bonchev–Trinajstić information content (AvgIpc) is 2.74. The van der Waals surface area contributed by atoms with E-state index in [9.17, 15) is 4.79 Å². The molecule has 1 saturated heterocycles. The molecule has 0 aliphatic carbocycles. The first-order valence-corrected chi connectivity index (χ1v) is 9.59. The fourth-order valence-corrected chi connectivity index (χ4v) is 3.81. The van der Waals surface area contributed by atoms with E-state index in [0.29, 0.717) is 29.8 Å². The molecule has 5 heteroatoms. The van der Waals surface area contributed by atoms with Crippen molar-refractivity contribution < 1.29 is 14.3 Å². The Morgan fingerprint density at radius 3 is 2.64 bits per heavy atom. The van der Waals surface area contributed by atoms with Crippen molar-refractivity contribution in [2.24, 2.45) is 5.92 Å². The van der Waals surface area contributed by atoms with E-state index in [-0.39, 0.29) is 11.8 Å². The Kier molecular flexibility index (Phi) is 6.71. The first-order chi connectivity index (χ1) is 13.7. The minimum atomic E-state index is -0.0771. The van der Waals surface area contributed by atoms with Crippen molar-refractivity contribution in [1.29, 1.82) is 0 Å². The lowest BCUT2D eigenvalue weighted by molar-refractivity contribution is -0.122. The lowest BCUT2D eigenvalue weighted by atomic mass is 9.88. The van der Waals surface area contributed by atoms with E-state index >= 15 is 0 Å². The Labute approximate surface area is 167 Å². The van der Waals surface area contributed by atoms with Crippen molar-refractivity contribution in [3.63, 3.8) is 0 Å². The summed E-state index contributed by atoms with van der Waals surface area (Å²) in [7, 11) is 3.19. The predicted octanol–water partition coefficient (Wildman–Crippen LogP) is 4.28. The predicted molar refractivity (Wildman–Crippen MR) is 112 cm³/mol. The Balaban J connectivity index is 1.71. The number of hydrogen-bond donors (Lipinski definition) is 1. The van der Waals surface area contributed by atoms with Gasteiger partial charge in [-0.05, 0) is 30.5 Å². The van der Waals surface area contributed by atoms with Crippen LogP contribution in [0.4, 0.5) is 5.69 Å². The number of nitrogens with zero attached hydrogens (tertiary/aromatic N) is 1. The molecular formula is C23H28N2O3. The molecule has 2 atom stereocenters. The van der Waals surface area contributed by atoms with Crippen LogP contribution in [0.3, 0.4) is 0 Å². The van der Waals surface area contributed by atoms with Gasteiger partial charge in [-0.1, -0.05) is 36.4 Å². The van der Waals surface area contributed by atoms with Crippen molar-refractivity contribution >= 4 is 11.6 Å². The number of hydrogen-bond acceptors (Lipinski definition) is 4. The van der Waals surface area contributed by atoms with Crippen LogP contribution >= 0.6 is 0 Å². The quantitative estimate of drug-likeness (QED) is 0.729. The highest BCUT2D eigenvalue weighted by molar-refractivity contribution is 5.94. The maximum Gasteiger partial charge on any atom is 0.228 e. The van der Waals surface area contributed by atoms with Crippen molar-refractivity contribution in [3.8, 4) is 11.5 Å². The first-order valence-electron chi connectivity index (χ1n) is 9.59. The van der Waals surface area contributed by atoms with Gasteiger partial charge in [0.15, 0.2) is 0 Å². The molecule has 0 radical (unpaired) electrons. The second-order valence-electron chi connectivity index (χ2n) is 7.00. The minimum Gasteiger partial charge on any atom is -0.497 e. The molecule has 1 fully saturated rings. The van der Waals surface area contributed by atoms with Gasteiger partial charge in [-0.2, -0.15) is 0 Å². The molecule has 2 aromatic rings. The summed E-state index contributed by atoms with van der Waals surface area (Å²) in [6.07, 6.45) is 3.69. The summed E-state index contributed by atoms with van der Waals surface area (Å²) < 4.78 is 10.6. The maximum absolute atomic E-state index is 12.9. The summed E-state index contributed by atoms with van der Waals surface area (Å²) >= 11 is 0. The van der Waals surface area contributed by atoms with Crippen LogP contribution in [0.2, 0.25) is 0 Å². The van der Waals surface area contributed by atoms with Crippen LogP contribution in [-0.4, -0.2) is 38.1 Å². The second-order valence-corrected chi connectivity index (χ2v) is 7.00. The normalized spacial score (nSPS) is 19.6. The molecule has 1 aliphatic heterocycles. The van der Waals surface area contributed by atoms with Gasteiger partial charge in [-0.25, -0.2) is 0 Å². The number of methoxy groups -OCH3 is 2. The number of ether oxygens (including phenoxy) is 2. The highest BCUT2D eigenvalue weighted by Crippen LogP contribution is 2.35. The van der Waals surface area contributed by atoms with Crippen LogP contribution in [0, 0.1) is 5.92 Å². The lowest BCUT2D eigenvalue weighted by Gasteiger charge is -2.39. The SMILES string of the molecule is C=CCN1CC(C(=O)Nc2ccc(OC)cc2OC)CCC1c1ccccc1. The average molecular weight is 380 g/mol. The van der Waals surface area contributed by atoms with E-state index in [0.717, 1.165) is 19.4 Å². The van der Waals surface area contributed by atoms with Gasteiger partial charge in [-0.15, -0.1) is 6.58 Å². The van der Waals surface area contributed by atoms with Crippen molar-refractivity contribution in [1.82, 2.24) is 4.90 Å². The molecule has 28 heavy (non-hydrogen) atoms. The number of carbonyl (C=O) groups is 1. The molecule has 3 rings (SSSR count). The molecular weight excluding hydrogens is 352 g/mol. The summed E-state index contributed by atoms with van der Waals surface area (Å²) in [6.45, 7) is 5.35.